The first-order chi connectivity index (χ1) is 7.95. The zero-order valence-corrected chi connectivity index (χ0v) is 10.6. The van der Waals surface area contributed by atoms with Gasteiger partial charge in [0.15, 0.2) is 9.84 Å². The summed E-state index contributed by atoms with van der Waals surface area (Å²) in [4.78, 5) is 2.08. The number of rotatable bonds is 5. The largest absolute Gasteiger partial charge is 0.399 e. The highest BCUT2D eigenvalue weighted by atomic mass is 32.2. The van der Waals surface area contributed by atoms with Gasteiger partial charge in [0.05, 0.1) is 17.2 Å². The summed E-state index contributed by atoms with van der Waals surface area (Å²) < 4.78 is 23.9. The van der Waals surface area contributed by atoms with E-state index in [9.17, 15) is 8.42 Å². The van der Waals surface area contributed by atoms with Crippen LogP contribution < -0.4 is 5.73 Å². The van der Waals surface area contributed by atoms with Gasteiger partial charge in [0.1, 0.15) is 0 Å². The van der Waals surface area contributed by atoms with E-state index in [-0.39, 0.29) is 5.75 Å². The third kappa shape index (κ3) is 4.10. The summed E-state index contributed by atoms with van der Waals surface area (Å²) in [6.07, 6.45) is 5.14. The molecule has 0 saturated carbocycles. The third-order valence-corrected chi connectivity index (χ3v) is 4.05. The van der Waals surface area contributed by atoms with Crippen molar-refractivity contribution in [1.29, 1.82) is 0 Å². The van der Waals surface area contributed by atoms with Crippen LogP contribution in [0.1, 0.15) is 0 Å². The van der Waals surface area contributed by atoms with Gasteiger partial charge in [0, 0.05) is 12.2 Å². The molecule has 2 N–H and O–H groups in total. The summed E-state index contributed by atoms with van der Waals surface area (Å²) >= 11 is 0. The second-order valence-corrected chi connectivity index (χ2v) is 5.94. The predicted molar refractivity (Wildman–Crippen MR) is 69.2 cm³/mol. The first-order valence-corrected chi connectivity index (χ1v) is 6.81. The van der Waals surface area contributed by atoms with E-state index in [4.69, 9.17) is 12.2 Å². The van der Waals surface area contributed by atoms with E-state index >= 15 is 0 Å². The Bertz CT molecular complexity index is 500. The van der Waals surface area contributed by atoms with Crippen LogP contribution in [0.15, 0.2) is 29.2 Å². The SMILES string of the molecule is C#CCN(C)CCS(=O)(=O)c1ccc(N)cc1. The molecule has 92 valence electrons. The van der Waals surface area contributed by atoms with E-state index in [0.29, 0.717) is 23.7 Å². The van der Waals surface area contributed by atoms with Gasteiger partial charge >= 0.3 is 0 Å². The Morgan fingerprint density at radius 1 is 1.35 bits per heavy atom. The Morgan fingerprint density at radius 3 is 2.47 bits per heavy atom. The molecule has 0 bridgehead atoms. The summed E-state index contributed by atoms with van der Waals surface area (Å²) in [5.41, 5.74) is 6.06. The maximum absolute atomic E-state index is 11.9. The molecule has 0 radical (unpaired) electrons. The highest BCUT2D eigenvalue weighted by Gasteiger charge is 2.14. The van der Waals surface area contributed by atoms with Crippen LogP contribution in [0.2, 0.25) is 0 Å². The average molecular weight is 252 g/mol. The van der Waals surface area contributed by atoms with Crippen molar-refractivity contribution in [3.63, 3.8) is 0 Å². The molecule has 0 heterocycles. The minimum Gasteiger partial charge on any atom is -0.399 e. The normalized spacial score (nSPS) is 11.4. The molecule has 0 unspecified atom stereocenters. The third-order valence-electron chi connectivity index (χ3n) is 2.34. The van der Waals surface area contributed by atoms with Gasteiger partial charge in [-0.25, -0.2) is 8.42 Å². The van der Waals surface area contributed by atoms with E-state index in [1.807, 2.05) is 0 Å². The fourth-order valence-corrected chi connectivity index (χ4v) is 2.64. The average Bonchev–Trinajstić information content (AvgIpc) is 2.28. The molecule has 0 aromatic heterocycles. The fourth-order valence-electron chi connectivity index (χ4n) is 1.30. The molecule has 0 aliphatic rings. The zero-order valence-electron chi connectivity index (χ0n) is 9.76. The highest BCUT2D eigenvalue weighted by molar-refractivity contribution is 7.91. The van der Waals surface area contributed by atoms with Crippen molar-refractivity contribution in [3.8, 4) is 12.3 Å². The second kappa shape index (κ2) is 5.71. The van der Waals surface area contributed by atoms with Crippen LogP contribution in [0, 0.1) is 12.3 Å². The number of nitrogens with zero attached hydrogens (tertiary/aromatic N) is 1. The van der Waals surface area contributed by atoms with Crippen molar-refractivity contribution in [2.45, 2.75) is 4.90 Å². The summed E-state index contributed by atoms with van der Waals surface area (Å²) in [6, 6.07) is 6.20. The monoisotopic (exact) mass is 252 g/mol. The van der Waals surface area contributed by atoms with Crippen LogP contribution in [0.4, 0.5) is 5.69 Å². The Morgan fingerprint density at radius 2 is 1.94 bits per heavy atom. The number of terminal acetylenes is 1. The van der Waals surface area contributed by atoms with Crippen LogP contribution in [-0.4, -0.2) is 39.2 Å². The van der Waals surface area contributed by atoms with Crippen molar-refractivity contribution in [2.75, 3.05) is 31.6 Å². The van der Waals surface area contributed by atoms with E-state index in [0.717, 1.165) is 0 Å². The molecule has 5 heteroatoms. The number of sulfone groups is 1. The van der Waals surface area contributed by atoms with Crippen molar-refractivity contribution in [2.24, 2.45) is 0 Å². The molecule has 17 heavy (non-hydrogen) atoms. The van der Waals surface area contributed by atoms with Crippen molar-refractivity contribution < 1.29 is 8.42 Å². The Kier molecular flexibility index (Phi) is 4.55. The number of nitrogens with two attached hydrogens (primary N) is 1. The Hall–Kier alpha value is -1.51. The molecule has 0 atom stereocenters. The number of nitrogen functional groups attached to an aromatic ring is 1. The maximum Gasteiger partial charge on any atom is 0.179 e. The molecular formula is C12H16N2O2S. The smallest absolute Gasteiger partial charge is 0.179 e. The van der Waals surface area contributed by atoms with Gasteiger partial charge in [-0.2, -0.15) is 0 Å². The summed E-state index contributed by atoms with van der Waals surface area (Å²) in [5, 5.41) is 0. The Labute approximate surface area is 102 Å². The zero-order chi connectivity index (χ0) is 12.9. The van der Waals surface area contributed by atoms with Crippen molar-refractivity contribution >= 4 is 15.5 Å². The van der Waals surface area contributed by atoms with E-state index < -0.39 is 9.84 Å². The van der Waals surface area contributed by atoms with Gasteiger partial charge in [-0.1, -0.05) is 5.92 Å². The summed E-state index contributed by atoms with van der Waals surface area (Å²) in [7, 11) is -1.47. The van der Waals surface area contributed by atoms with Gasteiger partial charge < -0.3 is 5.73 Å². The molecule has 0 fully saturated rings. The van der Waals surface area contributed by atoms with Gasteiger partial charge in [0.25, 0.3) is 0 Å². The lowest BCUT2D eigenvalue weighted by molar-refractivity contribution is 0.398. The molecule has 0 aliphatic carbocycles. The number of hydrogen-bond acceptors (Lipinski definition) is 4. The number of hydrogen-bond donors (Lipinski definition) is 1. The summed E-state index contributed by atoms with van der Waals surface area (Å²) in [5.74, 6) is 2.52. The molecular weight excluding hydrogens is 236 g/mol. The van der Waals surface area contributed by atoms with Gasteiger partial charge in [-0.3, -0.25) is 4.90 Å². The van der Waals surface area contributed by atoms with Crippen molar-refractivity contribution in [3.05, 3.63) is 24.3 Å². The van der Waals surface area contributed by atoms with E-state index in [1.165, 1.54) is 12.1 Å². The molecule has 1 aromatic carbocycles. The first-order valence-electron chi connectivity index (χ1n) is 5.16. The van der Waals surface area contributed by atoms with Crippen LogP contribution in [-0.2, 0) is 9.84 Å². The topological polar surface area (TPSA) is 63.4 Å². The lowest BCUT2D eigenvalue weighted by atomic mass is 10.3. The van der Waals surface area contributed by atoms with Crippen LogP contribution in [0.3, 0.4) is 0 Å². The number of benzene rings is 1. The van der Waals surface area contributed by atoms with E-state index in [1.54, 1.807) is 24.1 Å². The lowest BCUT2D eigenvalue weighted by Gasteiger charge is -2.13. The fraction of sp³-hybridized carbons (Fsp3) is 0.333. The maximum atomic E-state index is 11.9. The van der Waals surface area contributed by atoms with Gasteiger partial charge in [-0.05, 0) is 31.3 Å². The Balaban J connectivity index is 2.70. The van der Waals surface area contributed by atoms with Crippen molar-refractivity contribution in [1.82, 2.24) is 4.90 Å². The molecule has 1 rings (SSSR count). The lowest BCUT2D eigenvalue weighted by Crippen LogP contribution is -2.26. The van der Waals surface area contributed by atoms with Crippen LogP contribution in [0.5, 0.6) is 0 Å². The van der Waals surface area contributed by atoms with Gasteiger partial charge in [0.2, 0.25) is 0 Å². The molecule has 0 aliphatic heterocycles. The van der Waals surface area contributed by atoms with E-state index in [2.05, 4.69) is 5.92 Å². The van der Waals surface area contributed by atoms with Crippen LogP contribution >= 0.6 is 0 Å². The minimum absolute atomic E-state index is 0.0507. The summed E-state index contributed by atoms with van der Waals surface area (Å²) in [6.45, 7) is 0.855. The molecule has 4 nitrogen and oxygen atoms in total. The standard InChI is InChI=1S/C12H16N2O2S/c1-3-8-14(2)9-10-17(15,16)12-6-4-11(13)5-7-12/h1,4-7H,8-10,13H2,2H3. The molecule has 1 aromatic rings. The minimum atomic E-state index is -3.26. The molecule has 0 spiro atoms. The molecule has 0 amide bonds. The highest BCUT2D eigenvalue weighted by Crippen LogP contribution is 2.13. The molecule has 0 saturated heterocycles. The first kappa shape index (κ1) is 13.6. The second-order valence-electron chi connectivity index (χ2n) is 3.83. The van der Waals surface area contributed by atoms with Crippen LogP contribution in [0.25, 0.3) is 0 Å². The predicted octanol–water partition coefficient (Wildman–Crippen LogP) is 0.608. The number of anilines is 1. The van der Waals surface area contributed by atoms with Gasteiger partial charge in [-0.15, -0.1) is 6.42 Å². The quantitative estimate of drug-likeness (QED) is 0.616.